The molecule has 0 spiro atoms. The van der Waals surface area contributed by atoms with Gasteiger partial charge in [-0.2, -0.15) is 0 Å². The van der Waals surface area contributed by atoms with Gasteiger partial charge in [0.2, 0.25) is 0 Å². The molecule has 1 aliphatic rings. The zero-order valence-electron chi connectivity index (χ0n) is 8.13. The Balaban J connectivity index is 2.36. The van der Waals surface area contributed by atoms with Crippen LogP contribution < -0.4 is 5.32 Å². The molecule has 3 heteroatoms. The molecule has 70 valence electrons. The second kappa shape index (κ2) is 4.75. The SMILES string of the molecule is CCC(NC1=NCCS1)C(C)C. The van der Waals surface area contributed by atoms with E-state index < -0.39 is 0 Å². The van der Waals surface area contributed by atoms with Crippen LogP contribution in [0.25, 0.3) is 0 Å². The summed E-state index contributed by atoms with van der Waals surface area (Å²) in [7, 11) is 0. The average molecular weight is 186 g/mol. The Bertz CT molecular complexity index is 166. The third-order valence-electron chi connectivity index (χ3n) is 2.14. The van der Waals surface area contributed by atoms with Crippen LogP contribution in [0.5, 0.6) is 0 Å². The minimum atomic E-state index is 0.592. The van der Waals surface area contributed by atoms with Crippen molar-refractivity contribution in [3.05, 3.63) is 0 Å². The van der Waals surface area contributed by atoms with Gasteiger partial charge in [0.1, 0.15) is 0 Å². The summed E-state index contributed by atoms with van der Waals surface area (Å²) in [5.74, 6) is 1.84. The van der Waals surface area contributed by atoms with Crippen LogP contribution in [-0.4, -0.2) is 23.5 Å². The fourth-order valence-electron chi connectivity index (χ4n) is 1.32. The molecular weight excluding hydrogens is 168 g/mol. The maximum atomic E-state index is 4.37. The largest absolute Gasteiger partial charge is 0.362 e. The van der Waals surface area contributed by atoms with E-state index in [1.165, 1.54) is 6.42 Å². The molecule has 0 saturated carbocycles. The molecule has 0 aromatic rings. The van der Waals surface area contributed by atoms with Crippen molar-refractivity contribution in [1.29, 1.82) is 0 Å². The van der Waals surface area contributed by atoms with Crippen molar-refractivity contribution < 1.29 is 0 Å². The monoisotopic (exact) mass is 186 g/mol. The summed E-state index contributed by atoms with van der Waals surface area (Å²) in [6.45, 7) is 7.71. The summed E-state index contributed by atoms with van der Waals surface area (Å²) in [6, 6.07) is 0.592. The molecule has 1 heterocycles. The Labute approximate surface area is 79.2 Å². The number of rotatable bonds is 3. The van der Waals surface area contributed by atoms with Gasteiger partial charge in [0.15, 0.2) is 5.17 Å². The molecule has 1 unspecified atom stereocenters. The smallest absolute Gasteiger partial charge is 0.156 e. The Morgan fingerprint density at radius 1 is 1.58 bits per heavy atom. The molecule has 0 saturated heterocycles. The molecular formula is C9H18N2S. The van der Waals surface area contributed by atoms with Gasteiger partial charge in [-0.25, -0.2) is 0 Å². The van der Waals surface area contributed by atoms with Crippen LogP contribution in [0, 0.1) is 5.92 Å². The number of aliphatic imine (C=N–C) groups is 1. The first-order valence-electron chi connectivity index (χ1n) is 4.67. The third kappa shape index (κ3) is 2.70. The minimum absolute atomic E-state index is 0.592. The maximum Gasteiger partial charge on any atom is 0.156 e. The lowest BCUT2D eigenvalue weighted by molar-refractivity contribution is 0.444. The number of amidine groups is 1. The van der Waals surface area contributed by atoms with Crippen molar-refractivity contribution in [2.24, 2.45) is 10.9 Å². The number of hydrogen-bond acceptors (Lipinski definition) is 3. The fourth-order valence-corrected chi connectivity index (χ4v) is 2.11. The Morgan fingerprint density at radius 2 is 2.33 bits per heavy atom. The van der Waals surface area contributed by atoms with Crippen molar-refractivity contribution in [3.63, 3.8) is 0 Å². The molecule has 1 atom stereocenters. The normalized spacial score (nSPS) is 19.5. The number of nitrogens with one attached hydrogen (secondary N) is 1. The van der Waals surface area contributed by atoms with Gasteiger partial charge in [-0.1, -0.05) is 32.5 Å². The molecule has 2 nitrogen and oxygen atoms in total. The number of thioether (sulfide) groups is 1. The van der Waals surface area contributed by atoms with Crippen LogP contribution in [0.2, 0.25) is 0 Å². The molecule has 0 aromatic heterocycles. The van der Waals surface area contributed by atoms with Crippen LogP contribution >= 0.6 is 11.8 Å². The molecule has 12 heavy (non-hydrogen) atoms. The third-order valence-corrected chi connectivity index (χ3v) is 3.05. The molecule has 0 aromatic carbocycles. The predicted octanol–water partition coefficient (Wildman–Crippen LogP) is 2.11. The highest BCUT2D eigenvalue weighted by Crippen LogP contribution is 2.13. The van der Waals surface area contributed by atoms with E-state index in [0.29, 0.717) is 12.0 Å². The van der Waals surface area contributed by atoms with E-state index in [2.05, 4.69) is 31.1 Å². The molecule has 0 bridgehead atoms. The van der Waals surface area contributed by atoms with Crippen LogP contribution in [0.3, 0.4) is 0 Å². The van der Waals surface area contributed by atoms with E-state index in [1.54, 1.807) is 0 Å². The first kappa shape index (κ1) is 9.90. The Kier molecular flexibility index (Phi) is 3.92. The number of hydrogen-bond donors (Lipinski definition) is 1. The van der Waals surface area contributed by atoms with E-state index >= 15 is 0 Å². The summed E-state index contributed by atoms with van der Waals surface area (Å²) in [4.78, 5) is 4.37. The quantitative estimate of drug-likeness (QED) is 0.730. The molecule has 0 amide bonds. The zero-order valence-corrected chi connectivity index (χ0v) is 8.95. The van der Waals surface area contributed by atoms with Crippen LogP contribution in [0.1, 0.15) is 27.2 Å². The summed E-state index contributed by atoms with van der Waals surface area (Å²) in [5.41, 5.74) is 0. The van der Waals surface area contributed by atoms with E-state index in [-0.39, 0.29) is 0 Å². The Hall–Kier alpha value is -0.180. The Morgan fingerprint density at radius 3 is 2.75 bits per heavy atom. The number of nitrogens with zero attached hydrogens (tertiary/aromatic N) is 1. The topological polar surface area (TPSA) is 24.4 Å². The standard InChI is InChI=1S/C9H18N2S/c1-4-8(7(2)3)11-9-10-5-6-12-9/h7-8H,4-6H2,1-3H3,(H,10,11). The van der Waals surface area contributed by atoms with Crippen LogP contribution in [0.4, 0.5) is 0 Å². The van der Waals surface area contributed by atoms with Gasteiger partial charge in [0, 0.05) is 11.8 Å². The molecule has 0 radical (unpaired) electrons. The summed E-state index contributed by atoms with van der Waals surface area (Å²) >= 11 is 1.84. The highest BCUT2D eigenvalue weighted by Gasteiger charge is 2.14. The van der Waals surface area contributed by atoms with E-state index in [0.717, 1.165) is 17.5 Å². The van der Waals surface area contributed by atoms with Crippen molar-refractivity contribution in [3.8, 4) is 0 Å². The molecule has 1 N–H and O–H groups in total. The summed E-state index contributed by atoms with van der Waals surface area (Å²) < 4.78 is 0. The van der Waals surface area contributed by atoms with Gasteiger partial charge in [0.25, 0.3) is 0 Å². The molecule has 0 fully saturated rings. The lowest BCUT2D eigenvalue weighted by atomic mass is 10.0. The first-order valence-corrected chi connectivity index (χ1v) is 5.66. The van der Waals surface area contributed by atoms with Gasteiger partial charge in [-0.05, 0) is 12.3 Å². The molecule has 1 aliphatic heterocycles. The van der Waals surface area contributed by atoms with Gasteiger partial charge >= 0.3 is 0 Å². The lowest BCUT2D eigenvalue weighted by Crippen LogP contribution is -2.35. The van der Waals surface area contributed by atoms with Crippen molar-refractivity contribution in [1.82, 2.24) is 5.32 Å². The fraction of sp³-hybridized carbons (Fsp3) is 0.889. The first-order chi connectivity index (χ1) is 5.74. The van der Waals surface area contributed by atoms with E-state index in [9.17, 15) is 0 Å². The lowest BCUT2D eigenvalue weighted by Gasteiger charge is -2.21. The van der Waals surface area contributed by atoms with E-state index in [1.807, 2.05) is 11.8 Å². The van der Waals surface area contributed by atoms with E-state index in [4.69, 9.17) is 0 Å². The molecule has 1 rings (SSSR count). The van der Waals surface area contributed by atoms with Crippen molar-refractivity contribution in [2.75, 3.05) is 12.3 Å². The summed E-state index contributed by atoms with van der Waals surface area (Å²) in [5, 5.41) is 4.63. The average Bonchev–Trinajstić information content (AvgIpc) is 2.51. The van der Waals surface area contributed by atoms with Crippen LogP contribution in [0.15, 0.2) is 4.99 Å². The van der Waals surface area contributed by atoms with Gasteiger partial charge in [-0.3, -0.25) is 4.99 Å². The maximum absolute atomic E-state index is 4.37. The minimum Gasteiger partial charge on any atom is -0.362 e. The van der Waals surface area contributed by atoms with Crippen molar-refractivity contribution in [2.45, 2.75) is 33.2 Å². The zero-order chi connectivity index (χ0) is 8.97. The second-order valence-corrected chi connectivity index (χ2v) is 4.52. The predicted molar refractivity (Wildman–Crippen MR) is 56.8 cm³/mol. The van der Waals surface area contributed by atoms with Crippen LogP contribution in [-0.2, 0) is 0 Å². The second-order valence-electron chi connectivity index (χ2n) is 3.44. The highest BCUT2D eigenvalue weighted by atomic mass is 32.2. The van der Waals surface area contributed by atoms with Gasteiger partial charge < -0.3 is 5.32 Å². The summed E-state index contributed by atoms with van der Waals surface area (Å²) in [6.07, 6.45) is 1.18. The van der Waals surface area contributed by atoms with Gasteiger partial charge in [-0.15, -0.1) is 0 Å². The highest BCUT2D eigenvalue weighted by molar-refractivity contribution is 8.14. The van der Waals surface area contributed by atoms with Crippen molar-refractivity contribution >= 4 is 16.9 Å². The van der Waals surface area contributed by atoms with Gasteiger partial charge in [0.05, 0.1) is 6.54 Å². The molecule has 0 aliphatic carbocycles.